The number of hydrogen-bond acceptors (Lipinski definition) is 2. The Morgan fingerprint density at radius 3 is 2.36 bits per heavy atom. The summed E-state index contributed by atoms with van der Waals surface area (Å²) in [4.78, 5) is 12.3. The molecule has 1 aromatic carbocycles. The van der Waals surface area contributed by atoms with Gasteiger partial charge in [0.25, 0.3) is 0 Å². The lowest BCUT2D eigenvalue weighted by Gasteiger charge is -2.15. The van der Waals surface area contributed by atoms with Gasteiger partial charge in [0.2, 0.25) is 5.91 Å². The summed E-state index contributed by atoms with van der Waals surface area (Å²) in [6, 6.07) is 11.1. The van der Waals surface area contributed by atoms with Crippen LogP contribution in [0.15, 0.2) is 48.8 Å². The molecule has 0 aliphatic carbocycles. The summed E-state index contributed by atoms with van der Waals surface area (Å²) in [7, 11) is 0. The average Bonchev–Trinajstić information content (AvgIpc) is 3.26. The minimum Gasteiger partial charge on any atom is -0.348 e. The maximum Gasteiger partial charge on any atom is 0.436 e. The fraction of sp³-hybridized carbons (Fsp3) is 0.263. The number of benzene rings is 1. The Bertz CT molecular complexity index is 962. The van der Waals surface area contributed by atoms with E-state index in [1.807, 2.05) is 53.4 Å². The van der Waals surface area contributed by atoms with E-state index < -0.39 is 22.8 Å². The van der Waals surface area contributed by atoms with E-state index in [9.17, 15) is 18.0 Å². The van der Waals surface area contributed by atoms with E-state index in [2.05, 4.69) is 10.4 Å². The molecule has 5 nitrogen and oxygen atoms in total. The second kappa shape index (κ2) is 7.71. The Hall–Kier alpha value is -2.74. The monoisotopic (exact) mass is 410 g/mol. The van der Waals surface area contributed by atoms with Gasteiger partial charge in [-0.25, -0.2) is 0 Å². The Morgan fingerprint density at radius 1 is 1.21 bits per heavy atom. The quantitative estimate of drug-likeness (QED) is 0.671. The summed E-state index contributed by atoms with van der Waals surface area (Å²) in [6.07, 6.45) is -0.821. The van der Waals surface area contributed by atoms with E-state index in [0.717, 1.165) is 15.9 Å². The normalized spacial score (nSPS) is 12.8. The van der Waals surface area contributed by atoms with E-state index in [0.29, 0.717) is 0 Å². The minimum atomic E-state index is -4.67. The maximum atomic E-state index is 12.9. The number of nitrogens with zero attached hydrogens (tertiary/aromatic N) is 3. The molecule has 0 radical (unpaired) electrons. The van der Waals surface area contributed by atoms with Gasteiger partial charge in [-0.3, -0.25) is 9.48 Å². The zero-order valence-corrected chi connectivity index (χ0v) is 15.9. The van der Waals surface area contributed by atoms with E-state index >= 15 is 0 Å². The van der Waals surface area contributed by atoms with Crippen molar-refractivity contribution in [1.82, 2.24) is 19.7 Å². The van der Waals surface area contributed by atoms with E-state index in [4.69, 9.17) is 11.6 Å². The van der Waals surface area contributed by atoms with Crippen LogP contribution in [0.4, 0.5) is 13.2 Å². The van der Waals surface area contributed by atoms with Crippen LogP contribution in [0.2, 0.25) is 5.02 Å². The number of rotatable bonds is 5. The Morgan fingerprint density at radius 2 is 1.82 bits per heavy atom. The van der Waals surface area contributed by atoms with Gasteiger partial charge >= 0.3 is 6.18 Å². The standard InChI is InChI=1S/C19H18ClF3N4O/c1-12(14-5-7-15(8-6-14)26-9-3-4-10-26)24-16(28)11-27-13(2)17(20)18(25-27)19(21,22)23/h3-10,12H,11H2,1-2H3,(H,24,28). The summed E-state index contributed by atoms with van der Waals surface area (Å²) in [5, 5.41) is 5.71. The van der Waals surface area contributed by atoms with Crippen molar-refractivity contribution in [1.29, 1.82) is 0 Å². The van der Waals surface area contributed by atoms with Crippen LogP contribution in [0.1, 0.15) is 29.9 Å². The predicted molar refractivity (Wildman–Crippen MR) is 99.3 cm³/mol. The zero-order valence-electron chi connectivity index (χ0n) is 15.2. The first-order valence-corrected chi connectivity index (χ1v) is 8.87. The van der Waals surface area contributed by atoms with E-state index in [1.165, 1.54) is 6.92 Å². The lowest BCUT2D eigenvalue weighted by atomic mass is 10.1. The van der Waals surface area contributed by atoms with Crippen LogP contribution < -0.4 is 5.32 Å². The molecule has 1 unspecified atom stereocenters. The lowest BCUT2D eigenvalue weighted by Crippen LogP contribution is -2.30. The molecule has 1 N–H and O–H groups in total. The molecular weight excluding hydrogens is 393 g/mol. The van der Waals surface area contributed by atoms with Crippen molar-refractivity contribution in [3.63, 3.8) is 0 Å². The fourth-order valence-electron chi connectivity index (χ4n) is 2.81. The molecule has 2 heterocycles. The van der Waals surface area contributed by atoms with E-state index in [-0.39, 0.29) is 18.3 Å². The highest BCUT2D eigenvalue weighted by atomic mass is 35.5. The molecule has 0 spiro atoms. The largest absolute Gasteiger partial charge is 0.436 e. The van der Waals surface area contributed by atoms with Crippen molar-refractivity contribution >= 4 is 17.5 Å². The van der Waals surface area contributed by atoms with Gasteiger partial charge in [0.15, 0.2) is 5.69 Å². The van der Waals surface area contributed by atoms with E-state index in [1.54, 1.807) is 6.92 Å². The van der Waals surface area contributed by atoms with Gasteiger partial charge in [-0.15, -0.1) is 0 Å². The second-order valence-electron chi connectivity index (χ2n) is 6.37. The first kappa shape index (κ1) is 20.0. The van der Waals surface area contributed by atoms with Crippen LogP contribution in [-0.2, 0) is 17.5 Å². The third-order valence-corrected chi connectivity index (χ3v) is 4.82. The van der Waals surface area contributed by atoms with Crippen LogP contribution in [0.5, 0.6) is 0 Å². The van der Waals surface area contributed by atoms with Gasteiger partial charge in [0, 0.05) is 18.1 Å². The summed E-state index contributed by atoms with van der Waals surface area (Å²) in [5.74, 6) is -0.460. The molecule has 0 saturated heterocycles. The molecule has 3 rings (SSSR count). The van der Waals surface area contributed by atoms with Gasteiger partial charge in [-0.2, -0.15) is 18.3 Å². The van der Waals surface area contributed by atoms with Crippen molar-refractivity contribution in [2.75, 3.05) is 0 Å². The first-order valence-electron chi connectivity index (χ1n) is 8.49. The lowest BCUT2D eigenvalue weighted by molar-refractivity contribution is -0.141. The van der Waals surface area contributed by atoms with Crippen LogP contribution in [0, 0.1) is 6.92 Å². The second-order valence-corrected chi connectivity index (χ2v) is 6.75. The molecule has 9 heteroatoms. The molecular formula is C19H18ClF3N4O. The summed E-state index contributed by atoms with van der Waals surface area (Å²) in [6.45, 7) is 2.83. The van der Waals surface area contributed by atoms with Gasteiger partial charge in [0.05, 0.1) is 16.8 Å². The minimum absolute atomic E-state index is 0.0906. The topological polar surface area (TPSA) is 51.9 Å². The number of aromatic nitrogens is 3. The molecule has 0 fully saturated rings. The maximum absolute atomic E-state index is 12.9. The molecule has 0 bridgehead atoms. The third-order valence-electron chi connectivity index (χ3n) is 4.37. The van der Waals surface area contributed by atoms with Gasteiger partial charge in [0.1, 0.15) is 6.54 Å². The number of nitrogens with one attached hydrogen (secondary N) is 1. The summed E-state index contributed by atoms with van der Waals surface area (Å²) in [5.41, 5.74) is 0.755. The number of alkyl halides is 3. The summed E-state index contributed by atoms with van der Waals surface area (Å²) >= 11 is 5.70. The third kappa shape index (κ3) is 4.22. The zero-order chi connectivity index (χ0) is 20.5. The number of carbonyl (C=O) groups excluding carboxylic acids is 1. The molecule has 3 aromatic rings. The Kier molecular flexibility index (Phi) is 5.51. The highest BCUT2D eigenvalue weighted by molar-refractivity contribution is 6.32. The van der Waals surface area contributed by atoms with Crippen molar-refractivity contribution in [3.8, 4) is 5.69 Å². The predicted octanol–water partition coefficient (Wildman–Crippen LogP) is 4.53. The molecule has 1 atom stereocenters. The van der Waals surface area contributed by atoms with Crippen molar-refractivity contribution in [2.24, 2.45) is 0 Å². The molecule has 0 aliphatic rings. The van der Waals surface area contributed by atoms with Crippen LogP contribution in [0.3, 0.4) is 0 Å². The van der Waals surface area contributed by atoms with Gasteiger partial charge < -0.3 is 9.88 Å². The molecule has 0 aliphatic heterocycles. The molecule has 2 aromatic heterocycles. The first-order chi connectivity index (χ1) is 13.2. The van der Waals surface area contributed by atoms with Crippen LogP contribution >= 0.6 is 11.6 Å². The van der Waals surface area contributed by atoms with Crippen molar-refractivity contribution < 1.29 is 18.0 Å². The number of carbonyl (C=O) groups is 1. The average molecular weight is 411 g/mol. The van der Waals surface area contributed by atoms with Crippen LogP contribution in [-0.4, -0.2) is 20.3 Å². The Labute approximate surface area is 164 Å². The number of amides is 1. The number of hydrogen-bond donors (Lipinski definition) is 1. The fourth-order valence-corrected chi connectivity index (χ4v) is 3.05. The van der Waals surface area contributed by atoms with Crippen molar-refractivity contribution in [2.45, 2.75) is 32.6 Å². The SMILES string of the molecule is Cc1c(Cl)c(C(F)(F)F)nn1CC(=O)NC(C)c1ccc(-n2cccc2)cc1. The molecule has 28 heavy (non-hydrogen) atoms. The molecule has 1 amide bonds. The molecule has 148 valence electrons. The summed E-state index contributed by atoms with van der Waals surface area (Å²) < 4.78 is 41.6. The highest BCUT2D eigenvalue weighted by Gasteiger charge is 2.38. The Balaban J connectivity index is 1.66. The van der Waals surface area contributed by atoms with Gasteiger partial charge in [-0.05, 0) is 43.7 Å². The number of halogens is 4. The van der Waals surface area contributed by atoms with Crippen LogP contribution in [0.25, 0.3) is 5.69 Å². The highest BCUT2D eigenvalue weighted by Crippen LogP contribution is 2.35. The smallest absolute Gasteiger partial charge is 0.348 e. The molecule has 0 saturated carbocycles. The van der Waals surface area contributed by atoms with Gasteiger partial charge in [-0.1, -0.05) is 23.7 Å². The van der Waals surface area contributed by atoms with Crippen molar-refractivity contribution in [3.05, 3.63) is 70.8 Å².